The molecule has 2 aromatic rings. The van der Waals surface area contributed by atoms with Gasteiger partial charge in [0.15, 0.2) is 0 Å². The third kappa shape index (κ3) is 5.51. The Labute approximate surface area is 137 Å². The van der Waals surface area contributed by atoms with Gasteiger partial charge in [-0.25, -0.2) is 0 Å². The number of carbonyl (C=O) groups excluding carboxylic acids is 1. The van der Waals surface area contributed by atoms with Crippen molar-refractivity contribution >= 4 is 5.91 Å². The molecule has 0 fully saturated rings. The van der Waals surface area contributed by atoms with E-state index in [1.54, 1.807) is 0 Å². The first kappa shape index (κ1) is 17.2. The van der Waals surface area contributed by atoms with Gasteiger partial charge in [-0.3, -0.25) is 4.79 Å². The number of amides is 1. The maximum Gasteiger partial charge on any atom is 0.241 e. The Bertz CT molecular complexity index is 611. The van der Waals surface area contributed by atoms with Crippen LogP contribution in [-0.4, -0.2) is 18.6 Å². The molecule has 0 aromatic heterocycles. The van der Waals surface area contributed by atoms with Crippen molar-refractivity contribution in [3.05, 3.63) is 71.3 Å². The summed E-state index contributed by atoms with van der Waals surface area (Å²) in [6, 6.07) is 16.9. The first-order chi connectivity index (χ1) is 11.1. The number of carbonyl (C=O) groups is 1. The Morgan fingerprint density at radius 1 is 1.13 bits per heavy atom. The van der Waals surface area contributed by atoms with Crippen LogP contribution in [0.3, 0.4) is 0 Å². The van der Waals surface area contributed by atoms with Crippen LogP contribution in [0, 0.1) is 6.92 Å². The lowest BCUT2D eigenvalue weighted by Crippen LogP contribution is -2.41. The molecule has 0 radical (unpaired) electrons. The summed E-state index contributed by atoms with van der Waals surface area (Å²) in [6.07, 6.45) is 0. The summed E-state index contributed by atoms with van der Waals surface area (Å²) < 4.78 is 5.63. The number of ether oxygens (including phenoxy) is 1. The van der Waals surface area contributed by atoms with Crippen LogP contribution in [0.1, 0.15) is 29.7 Å². The van der Waals surface area contributed by atoms with Crippen molar-refractivity contribution in [2.75, 3.05) is 6.61 Å². The molecule has 1 amide bonds. The molecule has 0 heterocycles. The van der Waals surface area contributed by atoms with Gasteiger partial charge in [-0.1, -0.05) is 60.2 Å². The number of aryl methyl sites for hydroxylation is 1. The van der Waals surface area contributed by atoms with E-state index in [1.165, 1.54) is 0 Å². The summed E-state index contributed by atoms with van der Waals surface area (Å²) in [5, 5.41) is 2.89. The lowest BCUT2D eigenvalue weighted by molar-refractivity contribution is -0.123. The second-order valence-electron chi connectivity index (χ2n) is 5.80. The second-order valence-corrected chi connectivity index (χ2v) is 5.80. The summed E-state index contributed by atoms with van der Waals surface area (Å²) >= 11 is 0. The molecule has 0 spiro atoms. The Morgan fingerprint density at radius 2 is 1.78 bits per heavy atom. The van der Waals surface area contributed by atoms with E-state index < -0.39 is 6.04 Å². The molecule has 2 aromatic carbocycles. The highest BCUT2D eigenvalue weighted by Gasteiger charge is 2.17. The number of nitrogens with two attached hydrogens (primary N) is 1. The minimum Gasteiger partial charge on any atom is -0.375 e. The monoisotopic (exact) mass is 312 g/mol. The molecular formula is C19H24N2O2. The average Bonchev–Trinajstić information content (AvgIpc) is 2.56. The summed E-state index contributed by atoms with van der Waals surface area (Å²) in [5.74, 6) is -0.190. The van der Waals surface area contributed by atoms with Crippen LogP contribution in [0.2, 0.25) is 0 Å². The van der Waals surface area contributed by atoms with E-state index in [0.29, 0.717) is 13.2 Å². The fourth-order valence-electron chi connectivity index (χ4n) is 2.23. The maximum atomic E-state index is 12.2. The number of hydrogen-bond donors (Lipinski definition) is 2. The molecule has 122 valence electrons. The quantitative estimate of drug-likeness (QED) is 0.826. The highest BCUT2D eigenvalue weighted by atomic mass is 16.5. The molecule has 2 atom stereocenters. The molecule has 4 nitrogen and oxygen atoms in total. The SMILES string of the molecule is Cc1ccc(C(N)C(=O)NC(C)COCc2ccccc2)cc1. The lowest BCUT2D eigenvalue weighted by Gasteiger charge is -2.18. The van der Waals surface area contributed by atoms with Gasteiger partial charge in [0.2, 0.25) is 5.91 Å². The minimum absolute atomic E-state index is 0.0947. The van der Waals surface area contributed by atoms with Crippen LogP contribution in [0.5, 0.6) is 0 Å². The Hall–Kier alpha value is -2.17. The standard InChI is InChI=1S/C19H24N2O2/c1-14-8-10-17(11-9-14)18(20)19(22)21-15(2)12-23-13-16-6-4-3-5-7-16/h3-11,15,18H,12-13,20H2,1-2H3,(H,21,22). The van der Waals surface area contributed by atoms with E-state index in [0.717, 1.165) is 16.7 Å². The molecule has 0 aliphatic heterocycles. The Balaban J connectivity index is 1.76. The van der Waals surface area contributed by atoms with Crippen LogP contribution < -0.4 is 11.1 Å². The van der Waals surface area contributed by atoms with Crippen molar-refractivity contribution < 1.29 is 9.53 Å². The van der Waals surface area contributed by atoms with Crippen molar-refractivity contribution in [3.63, 3.8) is 0 Å². The Kier molecular flexibility index (Phi) is 6.32. The van der Waals surface area contributed by atoms with Crippen molar-refractivity contribution in [2.45, 2.75) is 32.5 Å². The minimum atomic E-state index is -0.660. The molecular weight excluding hydrogens is 288 g/mol. The van der Waals surface area contributed by atoms with Crippen LogP contribution in [0.4, 0.5) is 0 Å². The number of rotatable bonds is 7. The fourth-order valence-corrected chi connectivity index (χ4v) is 2.23. The molecule has 23 heavy (non-hydrogen) atoms. The van der Waals surface area contributed by atoms with Gasteiger partial charge < -0.3 is 15.8 Å². The number of nitrogens with one attached hydrogen (secondary N) is 1. The van der Waals surface area contributed by atoms with Gasteiger partial charge in [0.25, 0.3) is 0 Å². The molecule has 0 saturated carbocycles. The van der Waals surface area contributed by atoms with Gasteiger partial charge in [-0.2, -0.15) is 0 Å². The summed E-state index contributed by atoms with van der Waals surface area (Å²) in [7, 11) is 0. The van der Waals surface area contributed by atoms with Gasteiger partial charge in [0.1, 0.15) is 6.04 Å². The largest absolute Gasteiger partial charge is 0.375 e. The van der Waals surface area contributed by atoms with Gasteiger partial charge in [0, 0.05) is 6.04 Å². The molecule has 3 N–H and O–H groups in total. The van der Waals surface area contributed by atoms with Gasteiger partial charge >= 0.3 is 0 Å². The van der Waals surface area contributed by atoms with Crippen LogP contribution in [0.15, 0.2) is 54.6 Å². The van der Waals surface area contributed by atoms with Crippen LogP contribution >= 0.6 is 0 Å². The van der Waals surface area contributed by atoms with E-state index in [9.17, 15) is 4.79 Å². The van der Waals surface area contributed by atoms with Gasteiger partial charge in [0.05, 0.1) is 13.2 Å². The molecule has 0 bridgehead atoms. The smallest absolute Gasteiger partial charge is 0.241 e. The van der Waals surface area contributed by atoms with Crippen LogP contribution in [0.25, 0.3) is 0 Å². The molecule has 0 saturated heterocycles. The van der Waals surface area contributed by atoms with E-state index in [2.05, 4.69) is 5.32 Å². The van der Waals surface area contributed by atoms with Gasteiger partial charge in [-0.05, 0) is 25.0 Å². The van der Waals surface area contributed by atoms with Crippen molar-refractivity contribution in [3.8, 4) is 0 Å². The number of benzene rings is 2. The van der Waals surface area contributed by atoms with Gasteiger partial charge in [-0.15, -0.1) is 0 Å². The Morgan fingerprint density at radius 3 is 2.43 bits per heavy atom. The van der Waals surface area contributed by atoms with Crippen molar-refractivity contribution in [2.24, 2.45) is 5.73 Å². The van der Waals surface area contributed by atoms with Crippen molar-refractivity contribution in [1.82, 2.24) is 5.32 Å². The maximum absolute atomic E-state index is 12.2. The third-order valence-electron chi connectivity index (χ3n) is 3.59. The van der Waals surface area contributed by atoms with E-state index in [1.807, 2.05) is 68.4 Å². The zero-order chi connectivity index (χ0) is 16.7. The summed E-state index contributed by atoms with van der Waals surface area (Å²) in [5.41, 5.74) is 9.07. The van der Waals surface area contributed by atoms with E-state index in [4.69, 9.17) is 10.5 Å². The second kappa shape index (κ2) is 8.46. The topological polar surface area (TPSA) is 64.4 Å². The predicted octanol–water partition coefficient (Wildman–Crippen LogP) is 2.72. The predicted molar refractivity (Wildman–Crippen MR) is 91.8 cm³/mol. The normalized spacial score (nSPS) is 13.3. The zero-order valence-corrected chi connectivity index (χ0v) is 13.7. The molecule has 0 aliphatic rings. The zero-order valence-electron chi connectivity index (χ0n) is 13.7. The highest BCUT2D eigenvalue weighted by molar-refractivity contribution is 5.83. The third-order valence-corrected chi connectivity index (χ3v) is 3.59. The first-order valence-corrected chi connectivity index (χ1v) is 7.80. The fraction of sp³-hybridized carbons (Fsp3) is 0.316. The average molecular weight is 312 g/mol. The summed E-state index contributed by atoms with van der Waals surface area (Å²) in [4.78, 5) is 12.2. The highest BCUT2D eigenvalue weighted by Crippen LogP contribution is 2.11. The van der Waals surface area contributed by atoms with Crippen molar-refractivity contribution in [1.29, 1.82) is 0 Å². The molecule has 2 unspecified atom stereocenters. The van der Waals surface area contributed by atoms with E-state index >= 15 is 0 Å². The summed E-state index contributed by atoms with van der Waals surface area (Å²) in [6.45, 7) is 4.89. The molecule has 0 aliphatic carbocycles. The molecule has 2 rings (SSSR count). The van der Waals surface area contributed by atoms with Crippen LogP contribution in [-0.2, 0) is 16.1 Å². The number of hydrogen-bond acceptors (Lipinski definition) is 3. The van der Waals surface area contributed by atoms with E-state index in [-0.39, 0.29) is 11.9 Å². The molecule has 4 heteroatoms. The first-order valence-electron chi connectivity index (χ1n) is 7.80. The lowest BCUT2D eigenvalue weighted by atomic mass is 10.1.